The molecule has 4 aliphatic heterocycles. The van der Waals surface area contributed by atoms with E-state index in [-0.39, 0.29) is 0 Å². The molecule has 4 atom stereocenters. The molecule has 4 heterocycles. The molecular formula is C12H21S8Sb. The molecule has 9 heteroatoms. The third-order valence-corrected chi connectivity index (χ3v) is 62.7. The maximum absolute atomic E-state index is 2.53. The summed E-state index contributed by atoms with van der Waals surface area (Å²) in [5.74, 6) is 5.70. The molecule has 0 saturated carbocycles. The first kappa shape index (κ1) is 18.0. The van der Waals surface area contributed by atoms with E-state index in [0.717, 1.165) is 18.3 Å². The molecule has 0 bridgehead atoms. The van der Waals surface area contributed by atoms with Crippen LogP contribution < -0.4 is 0 Å². The molecule has 0 aromatic carbocycles. The molecule has 0 N–H and O–H groups in total. The van der Waals surface area contributed by atoms with E-state index in [2.05, 4.69) is 82.4 Å². The van der Waals surface area contributed by atoms with Crippen LogP contribution in [0.1, 0.15) is 25.7 Å². The topological polar surface area (TPSA) is 0 Å². The van der Waals surface area contributed by atoms with Crippen molar-refractivity contribution in [1.82, 2.24) is 0 Å². The van der Waals surface area contributed by atoms with Gasteiger partial charge in [0.2, 0.25) is 0 Å². The average Bonchev–Trinajstić information content (AvgIpc) is 2.28. The molecule has 0 spiro atoms. The molecule has 0 aliphatic carbocycles. The van der Waals surface area contributed by atoms with Gasteiger partial charge in [0.15, 0.2) is 0 Å². The minimum absolute atomic E-state index is 0.966. The Kier molecular flexibility index (Phi) is 7.32. The van der Waals surface area contributed by atoms with Crippen LogP contribution in [0.25, 0.3) is 0 Å². The first-order valence-corrected chi connectivity index (χ1v) is 29.2. The zero-order valence-electron chi connectivity index (χ0n) is 11.7. The fraction of sp³-hybridized carbons (Fsp3) is 1.00. The summed E-state index contributed by atoms with van der Waals surface area (Å²) >= 11 is 6.76. The van der Waals surface area contributed by atoms with Crippen molar-refractivity contribution >= 4 is 95.6 Å². The predicted molar refractivity (Wildman–Crippen MR) is 121 cm³/mol. The summed E-state index contributed by atoms with van der Waals surface area (Å²) in [7, 11) is 10.1. The normalized spacial score (nSPS) is 39.6. The standard InChI is InChI=1S/4C3H6S2.Sb.H/c4*4-3-1-2-5-3;;/h4*3-4H,1-2H2;;/q;;;;+4;/p-4. The Labute approximate surface area is 160 Å². The summed E-state index contributed by atoms with van der Waals surface area (Å²) in [5, 5.41) is 0. The molecule has 0 aromatic heterocycles. The Bertz CT molecular complexity index is 284. The van der Waals surface area contributed by atoms with Gasteiger partial charge in [-0.1, -0.05) is 0 Å². The fourth-order valence-corrected chi connectivity index (χ4v) is 95.2. The summed E-state index contributed by atoms with van der Waals surface area (Å²) in [4.78, 5) is 0. The summed E-state index contributed by atoms with van der Waals surface area (Å²) in [5.41, 5.74) is 0. The van der Waals surface area contributed by atoms with Gasteiger partial charge in [-0.2, -0.15) is 0 Å². The average molecular weight is 544 g/mol. The molecule has 4 unspecified atom stereocenters. The molecule has 0 amide bonds. The molecule has 0 aromatic rings. The third-order valence-electron chi connectivity index (χ3n) is 3.73. The molecule has 0 radical (unpaired) electrons. The first-order chi connectivity index (χ1) is 10.3. The van der Waals surface area contributed by atoms with Crippen molar-refractivity contribution in [1.29, 1.82) is 0 Å². The Balaban J connectivity index is 1.45. The van der Waals surface area contributed by atoms with Gasteiger partial charge in [0.1, 0.15) is 0 Å². The molecule has 122 valence electrons. The number of thioether (sulfide) groups is 4. The van der Waals surface area contributed by atoms with Gasteiger partial charge in [-0.25, -0.2) is 0 Å². The second-order valence-corrected chi connectivity index (χ2v) is 52.7. The molecule has 4 saturated heterocycles. The van der Waals surface area contributed by atoms with Crippen molar-refractivity contribution in [2.45, 2.75) is 44.0 Å². The molecule has 4 fully saturated rings. The molecule has 4 aliphatic rings. The number of hydrogen-bond acceptors (Lipinski definition) is 8. The van der Waals surface area contributed by atoms with Gasteiger partial charge in [-0.3, -0.25) is 0 Å². The van der Waals surface area contributed by atoms with E-state index >= 15 is 0 Å². The Morgan fingerprint density at radius 1 is 0.524 bits per heavy atom. The van der Waals surface area contributed by atoms with Crippen LogP contribution in [0.5, 0.6) is 0 Å². The zero-order valence-corrected chi connectivity index (χ0v) is 21.1. The van der Waals surface area contributed by atoms with Gasteiger partial charge in [0.25, 0.3) is 0 Å². The van der Waals surface area contributed by atoms with Gasteiger partial charge >= 0.3 is 163 Å². The second-order valence-electron chi connectivity index (χ2n) is 5.33. The SMILES string of the molecule is C1CC([S][SbH]([S]C2CCS2)([S]C2CCS2)[S]C2CCS2)S1. The van der Waals surface area contributed by atoms with Crippen molar-refractivity contribution in [3.63, 3.8) is 0 Å². The van der Waals surface area contributed by atoms with Crippen LogP contribution in [0, 0.1) is 0 Å². The Hall–Kier alpha value is 3.62. The van der Waals surface area contributed by atoms with E-state index in [1.807, 2.05) is 0 Å². The van der Waals surface area contributed by atoms with Crippen molar-refractivity contribution in [3.05, 3.63) is 0 Å². The fourth-order valence-electron chi connectivity index (χ4n) is 2.04. The predicted octanol–water partition coefficient (Wildman–Crippen LogP) is 5.94. The van der Waals surface area contributed by atoms with Gasteiger partial charge in [0.05, 0.1) is 0 Å². The van der Waals surface area contributed by atoms with Crippen LogP contribution >= 0.6 is 82.4 Å². The van der Waals surface area contributed by atoms with Gasteiger partial charge in [-0.05, 0) is 0 Å². The van der Waals surface area contributed by atoms with E-state index in [1.165, 1.54) is 48.7 Å². The van der Waals surface area contributed by atoms with E-state index in [9.17, 15) is 0 Å². The van der Waals surface area contributed by atoms with Crippen LogP contribution in [0.15, 0.2) is 0 Å². The van der Waals surface area contributed by atoms with E-state index in [0.29, 0.717) is 0 Å². The monoisotopic (exact) mass is 542 g/mol. The van der Waals surface area contributed by atoms with Gasteiger partial charge in [-0.15, -0.1) is 0 Å². The molecule has 0 nitrogen and oxygen atoms in total. The number of rotatable bonds is 8. The zero-order chi connectivity index (χ0) is 14.1. The molecular weight excluding hydrogens is 522 g/mol. The van der Waals surface area contributed by atoms with E-state index < -0.39 is 13.2 Å². The number of hydrogen-bond donors (Lipinski definition) is 0. The van der Waals surface area contributed by atoms with Crippen molar-refractivity contribution in [3.8, 4) is 0 Å². The van der Waals surface area contributed by atoms with Gasteiger partial charge in [0, 0.05) is 0 Å². The minimum atomic E-state index is -2.23. The van der Waals surface area contributed by atoms with Crippen LogP contribution in [0.2, 0.25) is 0 Å². The molecule has 21 heavy (non-hydrogen) atoms. The Morgan fingerprint density at radius 2 is 0.762 bits per heavy atom. The first-order valence-electron chi connectivity index (χ1n) is 7.49. The molecule has 4 rings (SSSR count). The van der Waals surface area contributed by atoms with Crippen LogP contribution in [-0.2, 0) is 0 Å². The second kappa shape index (κ2) is 8.54. The van der Waals surface area contributed by atoms with Crippen molar-refractivity contribution in [2.24, 2.45) is 0 Å². The van der Waals surface area contributed by atoms with Crippen LogP contribution in [0.3, 0.4) is 0 Å². The summed E-state index contributed by atoms with van der Waals surface area (Å²) < 4.78 is 3.86. The quantitative estimate of drug-likeness (QED) is 0.341. The summed E-state index contributed by atoms with van der Waals surface area (Å²) in [6.45, 7) is 0. The van der Waals surface area contributed by atoms with E-state index in [1.54, 1.807) is 0 Å². The Morgan fingerprint density at radius 3 is 0.905 bits per heavy atom. The maximum atomic E-state index is 2.53. The summed E-state index contributed by atoms with van der Waals surface area (Å²) in [6.07, 6.45) is 5.96. The van der Waals surface area contributed by atoms with Crippen molar-refractivity contribution < 1.29 is 0 Å². The third kappa shape index (κ3) is 4.87. The van der Waals surface area contributed by atoms with Crippen LogP contribution in [0.4, 0.5) is 0 Å². The van der Waals surface area contributed by atoms with E-state index in [4.69, 9.17) is 0 Å². The van der Waals surface area contributed by atoms with Gasteiger partial charge < -0.3 is 0 Å². The van der Waals surface area contributed by atoms with Crippen LogP contribution in [-0.4, -0.2) is 54.5 Å². The summed E-state index contributed by atoms with van der Waals surface area (Å²) in [6, 6.07) is 0. The van der Waals surface area contributed by atoms with Crippen molar-refractivity contribution in [2.75, 3.05) is 23.0 Å².